The lowest BCUT2D eigenvalue weighted by Crippen LogP contribution is -2.29. The Balaban J connectivity index is 1.88. The number of esters is 1. The maximum atomic E-state index is 11.9. The summed E-state index contributed by atoms with van der Waals surface area (Å²) in [6.07, 6.45) is -0.904. The van der Waals surface area contributed by atoms with Gasteiger partial charge in [0, 0.05) is 6.07 Å². The Kier molecular flexibility index (Phi) is 6.26. The number of anilines is 1. The second kappa shape index (κ2) is 8.61. The average Bonchev–Trinajstić information content (AvgIpc) is 2.61. The molecule has 0 heterocycles. The molecule has 0 bridgehead atoms. The molecule has 2 rings (SSSR count). The summed E-state index contributed by atoms with van der Waals surface area (Å²) in [5.41, 5.74) is 0.494. The highest BCUT2D eigenvalue weighted by molar-refractivity contribution is 5.95. The van der Waals surface area contributed by atoms with Crippen LogP contribution in [0.15, 0.2) is 48.5 Å². The number of hydrogen-bond donors (Lipinski definition) is 1. The lowest BCUT2D eigenvalue weighted by molar-refractivity contribution is -0.384. The molecule has 0 aliphatic carbocycles. The monoisotopic (exact) mass is 358 g/mol. The molecule has 8 nitrogen and oxygen atoms in total. The maximum absolute atomic E-state index is 11.9. The molecule has 136 valence electrons. The number of nitrogens with one attached hydrogen (secondary N) is 1. The summed E-state index contributed by atoms with van der Waals surface area (Å²) in [7, 11) is 0. The largest absolute Gasteiger partial charge is 0.479 e. The molecule has 1 atom stereocenters. The summed E-state index contributed by atoms with van der Waals surface area (Å²) >= 11 is 0. The molecule has 0 saturated heterocycles. The number of nitro benzene ring substituents is 1. The van der Waals surface area contributed by atoms with Gasteiger partial charge in [-0.3, -0.25) is 14.9 Å². The second-order valence-corrected chi connectivity index (χ2v) is 5.51. The van der Waals surface area contributed by atoms with Gasteiger partial charge in [0.05, 0.1) is 4.92 Å². The highest BCUT2D eigenvalue weighted by atomic mass is 16.6. The zero-order valence-electron chi connectivity index (χ0n) is 14.3. The molecule has 0 radical (unpaired) electrons. The van der Waals surface area contributed by atoms with Crippen LogP contribution in [0.1, 0.15) is 12.5 Å². The van der Waals surface area contributed by atoms with Crippen molar-refractivity contribution in [2.24, 2.45) is 0 Å². The van der Waals surface area contributed by atoms with Gasteiger partial charge in [0.25, 0.3) is 11.6 Å². The van der Waals surface area contributed by atoms with Crippen molar-refractivity contribution >= 4 is 23.3 Å². The summed E-state index contributed by atoms with van der Waals surface area (Å²) in [6.45, 7) is 2.62. The van der Waals surface area contributed by atoms with Crippen LogP contribution in [0.25, 0.3) is 0 Å². The van der Waals surface area contributed by atoms with E-state index in [1.165, 1.54) is 19.1 Å². The minimum atomic E-state index is -0.904. The Morgan fingerprint density at radius 1 is 1.19 bits per heavy atom. The highest BCUT2D eigenvalue weighted by Gasteiger charge is 2.20. The fourth-order valence-corrected chi connectivity index (χ4v) is 2.09. The van der Waals surface area contributed by atoms with Gasteiger partial charge in [-0.1, -0.05) is 24.3 Å². The van der Waals surface area contributed by atoms with Crippen molar-refractivity contribution in [3.8, 4) is 5.75 Å². The van der Waals surface area contributed by atoms with E-state index in [-0.39, 0.29) is 11.4 Å². The van der Waals surface area contributed by atoms with Crippen LogP contribution in [0, 0.1) is 17.0 Å². The summed E-state index contributed by atoms with van der Waals surface area (Å²) in [6, 6.07) is 13.1. The van der Waals surface area contributed by atoms with Crippen LogP contribution in [-0.4, -0.2) is 29.5 Å². The topological polar surface area (TPSA) is 108 Å². The number of aryl methyl sites for hydroxylation is 1. The third-order valence-corrected chi connectivity index (χ3v) is 3.36. The minimum absolute atomic E-state index is 0.0373. The highest BCUT2D eigenvalue weighted by Crippen LogP contribution is 2.25. The van der Waals surface area contributed by atoms with Gasteiger partial charge in [-0.05, 0) is 37.6 Å². The minimum Gasteiger partial charge on any atom is -0.479 e. The van der Waals surface area contributed by atoms with Gasteiger partial charge in [0.2, 0.25) is 0 Å². The molecule has 2 aromatic carbocycles. The first kappa shape index (κ1) is 18.9. The molecule has 0 spiro atoms. The Labute approximate surface area is 149 Å². The van der Waals surface area contributed by atoms with Gasteiger partial charge in [-0.15, -0.1) is 0 Å². The van der Waals surface area contributed by atoms with E-state index in [1.807, 2.05) is 6.07 Å². The first-order chi connectivity index (χ1) is 12.4. The first-order valence-corrected chi connectivity index (χ1v) is 7.80. The van der Waals surface area contributed by atoms with Crippen molar-refractivity contribution in [3.05, 3.63) is 64.2 Å². The Hall–Kier alpha value is -3.42. The van der Waals surface area contributed by atoms with Crippen molar-refractivity contribution in [1.82, 2.24) is 0 Å². The van der Waals surface area contributed by atoms with Gasteiger partial charge in [-0.2, -0.15) is 0 Å². The predicted octanol–water partition coefficient (Wildman–Crippen LogP) is 2.85. The summed E-state index contributed by atoms with van der Waals surface area (Å²) in [5.74, 6) is -0.906. The number of nitrogens with zero attached hydrogens (tertiary/aromatic N) is 1. The molecule has 1 amide bonds. The van der Waals surface area contributed by atoms with E-state index in [4.69, 9.17) is 9.47 Å². The van der Waals surface area contributed by atoms with Gasteiger partial charge < -0.3 is 14.8 Å². The molecule has 1 N–H and O–H groups in total. The van der Waals surface area contributed by atoms with Crippen LogP contribution in [-0.2, 0) is 14.3 Å². The van der Waals surface area contributed by atoms with Crippen molar-refractivity contribution < 1.29 is 24.0 Å². The van der Waals surface area contributed by atoms with Crippen molar-refractivity contribution in [3.63, 3.8) is 0 Å². The zero-order valence-corrected chi connectivity index (χ0v) is 14.3. The molecular weight excluding hydrogens is 340 g/mol. The van der Waals surface area contributed by atoms with Crippen LogP contribution in [0.2, 0.25) is 0 Å². The molecule has 0 aliphatic rings. The fraction of sp³-hybridized carbons (Fsp3) is 0.222. The average molecular weight is 358 g/mol. The van der Waals surface area contributed by atoms with Crippen LogP contribution in [0.5, 0.6) is 5.75 Å². The lowest BCUT2D eigenvalue weighted by atomic mass is 10.2. The number of carbonyl (C=O) groups excluding carboxylic acids is 2. The first-order valence-electron chi connectivity index (χ1n) is 7.80. The maximum Gasteiger partial charge on any atom is 0.347 e. The van der Waals surface area contributed by atoms with E-state index < -0.39 is 29.5 Å². The fourth-order valence-electron chi connectivity index (χ4n) is 2.09. The number of nitro groups is 1. The zero-order chi connectivity index (χ0) is 19.1. The third kappa shape index (κ3) is 5.30. The summed E-state index contributed by atoms with van der Waals surface area (Å²) < 4.78 is 10.3. The third-order valence-electron chi connectivity index (χ3n) is 3.36. The Morgan fingerprint density at radius 2 is 1.88 bits per heavy atom. The number of hydrogen-bond acceptors (Lipinski definition) is 6. The number of carbonyl (C=O) groups is 2. The lowest BCUT2D eigenvalue weighted by Gasteiger charge is -2.14. The number of para-hydroxylation sites is 1. The van der Waals surface area contributed by atoms with Crippen molar-refractivity contribution in [2.45, 2.75) is 20.0 Å². The Bertz CT molecular complexity index is 807. The van der Waals surface area contributed by atoms with Crippen molar-refractivity contribution in [2.75, 3.05) is 11.9 Å². The second-order valence-electron chi connectivity index (χ2n) is 5.51. The number of amides is 1. The van der Waals surface area contributed by atoms with E-state index in [9.17, 15) is 19.7 Å². The van der Waals surface area contributed by atoms with E-state index in [0.717, 1.165) is 0 Å². The number of benzene rings is 2. The molecule has 26 heavy (non-hydrogen) atoms. The number of rotatable bonds is 7. The molecule has 0 saturated carbocycles. The van der Waals surface area contributed by atoms with Crippen LogP contribution >= 0.6 is 0 Å². The van der Waals surface area contributed by atoms with Gasteiger partial charge in [0.1, 0.15) is 11.4 Å². The smallest absolute Gasteiger partial charge is 0.347 e. The van der Waals surface area contributed by atoms with Gasteiger partial charge in [0.15, 0.2) is 12.7 Å². The molecule has 8 heteroatoms. The molecule has 0 fully saturated rings. The SMILES string of the molecule is Cc1ccc(NC(=O)COC(=O)C(C)Oc2ccccc2)c([N+](=O)[O-])c1. The number of ether oxygens (including phenoxy) is 2. The van der Waals surface area contributed by atoms with E-state index in [0.29, 0.717) is 11.3 Å². The van der Waals surface area contributed by atoms with Crippen molar-refractivity contribution in [1.29, 1.82) is 0 Å². The molecule has 1 unspecified atom stereocenters. The van der Waals surface area contributed by atoms with Gasteiger partial charge >= 0.3 is 5.97 Å². The van der Waals surface area contributed by atoms with E-state index in [2.05, 4.69) is 5.32 Å². The van der Waals surface area contributed by atoms with Crippen LogP contribution in [0.3, 0.4) is 0 Å². The van der Waals surface area contributed by atoms with E-state index >= 15 is 0 Å². The molecule has 2 aromatic rings. The molecule has 0 aromatic heterocycles. The molecule has 0 aliphatic heterocycles. The summed E-state index contributed by atoms with van der Waals surface area (Å²) in [4.78, 5) is 34.2. The predicted molar refractivity (Wildman–Crippen MR) is 94.0 cm³/mol. The molecular formula is C18H18N2O6. The Morgan fingerprint density at radius 3 is 2.54 bits per heavy atom. The quantitative estimate of drug-likeness (QED) is 0.463. The normalized spacial score (nSPS) is 11.3. The standard InChI is InChI=1S/C18H18N2O6/c1-12-8-9-15(16(10-12)20(23)24)19-17(21)11-25-18(22)13(2)26-14-6-4-3-5-7-14/h3-10,13H,11H2,1-2H3,(H,19,21). The van der Waals surface area contributed by atoms with E-state index in [1.54, 1.807) is 37.3 Å². The van der Waals surface area contributed by atoms with Crippen LogP contribution in [0.4, 0.5) is 11.4 Å². The summed E-state index contributed by atoms with van der Waals surface area (Å²) in [5, 5.41) is 13.4. The van der Waals surface area contributed by atoms with Gasteiger partial charge in [-0.25, -0.2) is 4.79 Å². The van der Waals surface area contributed by atoms with Crippen LogP contribution < -0.4 is 10.1 Å².